The van der Waals surface area contributed by atoms with Gasteiger partial charge in [-0.2, -0.15) is 5.10 Å². The summed E-state index contributed by atoms with van der Waals surface area (Å²) in [6.45, 7) is 9.32. The number of nitrogens with one attached hydrogen (secondary N) is 3. The van der Waals surface area contributed by atoms with Crippen molar-refractivity contribution in [2.24, 2.45) is 4.99 Å². The smallest absolute Gasteiger partial charge is 0.209 e. The number of rotatable bonds is 6. The molecule has 1 aliphatic heterocycles. The summed E-state index contributed by atoms with van der Waals surface area (Å²) in [4.78, 5) is 8.96. The summed E-state index contributed by atoms with van der Waals surface area (Å²) >= 11 is 0. The second-order valence-electron chi connectivity index (χ2n) is 7.09. The van der Waals surface area contributed by atoms with Crippen LogP contribution in [-0.2, 0) is 23.0 Å². The van der Waals surface area contributed by atoms with E-state index in [4.69, 9.17) is 0 Å². The van der Waals surface area contributed by atoms with Crippen LogP contribution >= 0.6 is 24.0 Å². The Morgan fingerprint density at radius 1 is 1.42 bits per heavy atom. The summed E-state index contributed by atoms with van der Waals surface area (Å²) < 4.78 is 27.4. The number of aromatic nitrogens is 3. The standard InChI is InChI=1S/C15H29N7O2S.HI/c1-6-16-14(17-10-15(3,4)21-25(5,23)24)19-12-7-8-13-18-11(2)20-22(13)9-12;/h12,21H,6-10H2,1-5H3,(H2,16,17,19);1H. The highest BCUT2D eigenvalue weighted by atomic mass is 127. The average Bonchev–Trinajstić information content (AvgIpc) is 2.82. The molecule has 0 aliphatic carbocycles. The zero-order valence-corrected chi connectivity index (χ0v) is 19.2. The molecule has 1 aromatic heterocycles. The van der Waals surface area contributed by atoms with Gasteiger partial charge in [-0.1, -0.05) is 0 Å². The van der Waals surface area contributed by atoms with Crippen molar-refractivity contribution >= 4 is 40.0 Å². The Morgan fingerprint density at radius 3 is 2.73 bits per heavy atom. The summed E-state index contributed by atoms with van der Waals surface area (Å²) in [5, 5.41) is 11.0. The number of aliphatic imine (C=N–C) groups is 1. The molecule has 0 spiro atoms. The van der Waals surface area contributed by atoms with Gasteiger partial charge in [0.05, 0.1) is 19.3 Å². The van der Waals surface area contributed by atoms with Crippen LogP contribution in [0.15, 0.2) is 4.99 Å². The molecule has 0 bridgehead atoms. The molecule has 0 amide bonds. The van der Waals surface area contributed by atoms with E-state index >= 15 is 0 Å². The molecule has 1 atom stereocenters. The number of fused-ring (bicyclic) bond motifs is 1. The van der Waals surface area contributed by atoms with Crippen LogP contribution in [0.1, 0.15) is 38.8 Å². The molecule has 150 valence electrons. The summed E-state index contributed by atoms with van der Waals surface area (Å²) in [5.74, 6) is 2.50. The molecule has 26 heavy (non-hydrogen) atoms. The predicted molar refractivity (Wildman–Crippen MR) is 113 cm³/mol. The molecule has 3 N–H and O–H groups in total. The van der Waals surface area contributed by atoms with Gasteiger partial charge in [0.2, 0.25) is 10.0 Å². The molecule has 1 aromatic rings. The molecule has 1 unspecified atom stereocenters. The van der Waals surface area contributed by atoms with E-state index in [-0.39, 0.29) is 30.0 Å². The van der Waals surface area contributed by atoms with Crippen LogP contribution in [-0.4, -0.2) is 60.1 Å². The Bertz CT molecular complexity index is 730. The van der Waals surface area contributed by atoms with Gasteiger partial charge < -0.3 is 10.6 Å². The highest BCUT2D eigenvalue weighted by molar-refractivity contribution is 14.0. The van der Waals surface area contributed by atoms with E-state index in [1.165, 1.54) is 0 Å². The lowest BCUT2D eigenvalue weighted by Crippen LogP contribution is -2.49. The van der Waals surface area contributed by atoms with E-state index in [9.17, 15) is 8.42 Å². The highest BCUT2D eigenvalue weighted by Gasteiger charge is 2.24. The first-order valence-corrected chi connectivity index (χ1v) is 10.4. The molecule has 2 rings (SSSR count). The van der Waals surface area contributed by atoms with Crippen molar-refractivity contribution in [3.63, 3.8) is 0 Å². The van der Waals surface area contributed by atoms with E-state index in [0.29, 0.717) is 12.5 Å². The van der Waals surface area contributed by atoms with Crippen molar-refractivity contribution in [1.29, 1.82) is 0 Å². The van der Waals surface area contributed by atoms with Crippen molar-refractivity contribution in [3.8, 4) is 0 Å². The molecule has 0 radical (unpaired) electrons. The minimum absolute atomic E-state index is 0. The lowest BCUT2D eigenvalue weighted by Gasteiger charge is -2.27. The summed E-state index contributed by atoms with van der Waals surface area (Å²) in [5.41, 5.74) is -0.654. The predicted octanol–water partition coefficient (Wildman–Crippen LogP) is 0.402. The van der Waals surface area contributed by atoms with Crippen LogP contribution < -0.4 is 15.4 Å². The molecule has 0 fully saturated rings. The molecule has 0 aromatic carbocycles. The van der Waals surface area contributed by atoms with Crippen LogP contribution in [0, 0.1) is 6.92 Å². The summed E-state index contributed by atoms with van der Waals surface area (Å²) in [6.07, 6.45) is 2.98. The fourth-order valence-electron chi connectivity index (χ4n) is 2.88. The SMILES string of the molecule is CCNC(=NCC(C)(C)NS(C)(=O)=O)NC1CCc2nc(C)nn2C1.I. The van der Waals surface area contributed by atoms with Gasteiger partial charge in [0, 0.05) is 24.5 Å². The second-order valence-corrected chi connectivity index (χ2v) is 8.84. The molecule has 2 heterocycles. The van der Waals surface area contributed by atoms with E-state index in [1.54, 1.807) is 0 Å². The van der Waals surface area contributed by atoms with Crippen LogP contribution in [0.25, 0.3) is 0 Å². The number of hydrogen-bond donors (Lipinski definition) is 3. The van der Waals surface area contributed by atoms with Crippen molar-refractivity contribution in [2.45, 2.75) is 58.7 Å². The van der Waals surface area contributed by atoms with E-state index in [0.717, 1.165) is 43.8 Å². The molecule has 11 heteroatoms. The molecule has 0 saturated carbocycles. The molecule has 0 saturated heterocycles. The average molecular weight is 499 g/mol. The third-order valence-electron chi connectivity index (χ3n) is 3.74. The first-order chi connectivity index (χ1) is 11.6. The third-order valence-corrected chi connectivity index (χ3v) is 4.67. The maximum Gasteiger partial charge on any atom is 0.209 e. The van der Waals surface area contributed by atoms with E-state index in [2.05, 4.69) is 30.4 Å². The van der Waals surface area contributed by atoms with Gasteiger partial charge in [0.1, 0.15) is 11.6 Å². The van der Waals surface area contributed by atoms with Crippen molar-refractivity contribution < 1.29 is 8.42 Å². The zero-order chi connectivity index (χ0) is 18.7. The van der Waals surface area contributed by atoms with Gasteiger partial charge >= 0.3 is 0 Å². The first kappa shape index (κ1) is 23.1. The molecular formula is C15H30IN7O2S. The lowest BCUT2D eigenvalue weighted by atomic mass is 10.1. The van der Waals surface area contributed by atoms with Gasteiger partial charge in [-0.25, -0.2) is 22.8 Å². The topological polar surface area (TPSA) is 113 Å². The van der Waals surface area contributed by atoms with Crippen LogP contribution in [0.5, 0.6) is 0 Å². The molecule has 1 aliphatic rings. The zero-order valence-electron chi connectivity index (χ0n) is 16.0. The third kappa shape index (κ3) is 7.35. The number of sulfonamides is 1. The van der Waals surface area contributed by atoms with Gasteiger partial charge in [-0.05, 0) is 34.1 Å². The molecular weight excluding hydrogens is 469 g/mol. The largest absolute Gasteiger partial charge is 0.357 e. The Hall–Kier alpha value is -0.950. The van der Waals surface area contributed by atoms with E-state index < -0.39 is 15.6 Å². The number of guanidine groups is 1. The monoisotopic (exact) mass is 499 g/mol. The van der Waals surface area contributed by atoms with Crippen molar-refractivity contribution in [3.05, 3.63) is 11.6 Å². The number of aryl methyl sites for hydroxylation is 2. The van der Waals surface area contributed by atoms with Gasteiger partial charge in [-0.15, -0.1) is 24.0 Å². The Kier molecular flexibility index (Phi) is 8.27. The quantitative estimate of drug-likeness (QED) is 0.297. The van der Waals surface area contributed by atoms with Crippen LogP contribution in [0.3, 0.4) is 0 Å². The van der Waals surface area contributed by atoms with Gasteiger partial charge in [0.15, 0.2) is 5.96 Å². The lowest BCUT2D eigenvalue weighted by molar-refractivity contribution is 0.391. The number of hydrogen-bond acceptors (Lipinski definition) is 5. The van der Waals surface area contributed by atoms with Gasteiger partial charge in [0.25, 0.3) is 0 Å². The van der Waals surface area contributed by atoms with Crippen LogP contribution in [0.4, 0.5) is 0 Å². The minimum atomic E-state index is -3.28. The molecule has 9 nitrogen and oxygen atoms in total. The maximum atomic E-state index is 11.4. The van der Waals surface area contributed by atoms with E-state index in [1.807, 2.05) is 32.4 Å². The van der Waals surface area contributed by atoms with Crippen LogP contribution in [0.2, 0.25) is 0 Å². The fourth-order valence-corrected chi connectivity index (χ4v) is 3.94. The number of halogens is 1. The maximum absolute atomic E-state index is 11.4. The highest BCUT2D eigenvalue weighted by Crippen LogP contribution is 2.13. The first-order valence-electron chi connectivity index (χ1n) is 8.52. The Morgan fingerprint density at radius 2 is 2.12 bits per heavy atom. The normalized spacial score (nSPS) is 18.0. The van der Waals surface area contributed by atoms with Crippen molar-refractivity contribution in [2.75, 3.05) is 19.3 Å². The fraction of sp³-hybridized carbons (Fsp3) is 0.800. The Balaban J connectivity index is 0.00000338. The van der Waals surface area contributed by atoms with Crippen molar-refractivity contribution in [1.82, 2.24) is 30.1 Å². The summed E-state index contributed by atoms with van der Waals surface area (Å²) in [7, 11) is -3.28. The number of nitrogens with zero attached hydrogens (tertiary/aromatic N) is 4. The second kappa shape index (κ2) is 9.31. The Labute approximate surface area is 172 Å². The van der Waals surface area contributed by atoms with Gasteiger partial charge in [-0.3, -0.25) is 4.99 Å². The summed E-state index contributed by atoms with van der Waals surface area (Å²) in [6, 6.07) is 0.206. The minimum Gasteiger partial charge on any atom is -0.357 e.